The molecule has 0 amide bonds. The van der Waals surface area contributed by atoms with Crippen LogP contribution in [0.1, 0.15) is 18.1 Å². The van der Waals surface area contributed by atoms with Crippen molar-refractivity contribution in [3.05, 3.63) is 45.7 Å². The number of nitrogens with zero attached hydrogens (tertiary/aromatic N) is 2. The van der Waals surface area contributed by atoms with E-state index in [1.165, 1.54) is 0 Å². The zero-order chi connectivity index (χ0) is 16.8. The van der Waals surface area contributed by atoms with Crippen molar-refractivity contribution in [3.8, 4) is 17.3 Å². The molecule has 23 heavy (non-hydrogen) atoms. The van der Waals surface area contributed by atoms with E-state index in [-0.39, 0.29) is 22.4 Å². The van der Waals surface area contributed by atoms with Gasteiger partial charge < -0.3 is 9.72 Å². The number of ether oxygens (including phenoxy) is 1. The number of esters is 1. The van der Waals surface area contributed by atoms with Gasteiger partial charge >= 0.3 is 5.97 Å². The SMILES string of the molecule is CCOC(=O)CSc1nc(-c2ccc(C)cc2)c(C#N)c(=O)[nH]1. The Morgan fingerprint density at radius 2 is 2.09 bits per heavy atom. The Hall–Kier alpha value is -2.59. The van der Waals surface area contributed by atoms with Gasteiger partial charge in [0.15, 0.2) is 5.16 Å². The first-order valence-corrected chi connectivity index (χ1v) is 7.93. The minimum absolute atomic E-state index is 0.0377. The fourth-order valence-corrected chi connectivity index (χ4v) is 2.53. The highest BCUT2D eigenvalue weighted by Crippen LogP contribution is 2.22. The van der Waals surface area contributed by atoms with Crippen LogP contribution in [0.4, 0.5) is 0 Å². The van der Waals surface area contributed by atoms with E-state index < -0.39 is 5.56 Å². The van der Waals surface area contributed by atoms with Gasteiger partial charge in [-0.3, -0.25) is 9.59 Å². The fraction of sp³-hybridized carbons (Fsp3) is 0.250. The number of hydrogen-bond acceptors (Lipinski definition) is 6. The molecule has 6 nitrogen and oxygen atoms in total. The van der Waals surface area contributed by atoms with E-state index in [1.54, 1.807) is 19.1 Å². The van der Waals surface area contributed by atoms with Crippen LogP contribution in [0.25, 0.3) is 11.3 Å². The number of aromatic nitrogens is 2. The summed E-state index contributed by atoms with van der Waals surface area (Å²) in [5.41, 5.74) is 1.48. The number of nitrogens with one attached hydrogen (secondary N) is 1. The molecule has 0 atom stereocenters. The van der Waals surface area contributed by atoms with Crippen LogP contribution in [0.2, 0.25) is 0 Å². The van der Waals surface area contributed by atoms with Crippen LogP contribution in [0, 0.1) is 18.3 Å². The van der Waals surface area contributed by atoms with Crippen molar-refractivity contribution in [2.24, 2.45) is 0 Å². The summed E-state index contributed by atoms with van der Waals surface area (Å²) in [6, 6.07) is 9.25. The number of aromatic amines is 1. The molecule has 1 aromatic carbocycles. The number of thioether (sulfide) groups is 1. The van der Waals surface area contributed by atoms with E-state index in [1.807, 2.05) is 25.1 Å². The summed E-state index contributed by atoms with van der Waals surface area (Å²) < 4.78 is 4.83. The van der Waals surface area contributed by atoms with Crippen molar-refractivity contribution in [2.75, 3.05) is 12.4 Å². The number of carbonyl (C=O) groups is 1. The van der Waals surface area contributed by atoms with Gasteiger partial charge in [-0.25, -0.2) is 4.98 Å². The van der Waals surface area contributed by atoms with Crippen molar-refractivity contribution >= 4 is 17.7 Å². The molecule has 118 valence electrons. The van der Waals surface area contributed by atoms with Crippen molar-refractivity contribution in [1.82, 2.24) is 9.97 Å². The lowest BCUT2D eigenvalue weighted by atomic mass is 10.1. The Morgan fingerprint density at radius 3 is 2.70 bits per heavy atom. The molecule has 1 aromatic heterocycles. The molecule has 0 unspecified atom stereocenters. The maximum atomic E-state index is 12.1. The summed E-state index contributed by atoms with van der Waals surface area (Å²) in [5, 5.41) is 9.48. The maximum Gasteiger partial charge on any atom is 0.316 e. The van der Waals surface area contributed by atoms with Gasteiger partial charge in [0.2, 0.25) is 0 Å². The molecule has 1 N–H and O–H groups in total. The lowest BCUT2D eigenvalue weighted by Crippen LogP contribution is -2.15. The molecule has 0 spiro atoms. The molecule has 0 fully saturated rings. The normalized spacial score (nSPS) is 10.1. The van der Waals surface area contributed by atoms with E-state index in [0.29, 0.717) is 17.9 Å². The number of H-pyrrole nitrogens is 1. The predicted molar refractivity (Wildman–Crippen MR) is 87.1 cm³/mol. The Balaban J connectivity index is 2.37. The third-order valence-electron chi connectivity index (χ3n) is 2.97. The van der Waals surface area contributed by atoms with Crippen molar-refractivity contribution in [3.63, 3.8) is 0 Å². The topological polar surface area (TPSA) is 95.8 Å². The highest BCUT2D eigenvalue weighted by atomic mass is 32.2. The van der Waals surface area contributed by atoms with Crippen LogP contribution in [0.5, 0.6) is 0 Å². The smallest absolute Gasteiger partial charge is 0.316 e. The lowest BCUT2D eigenvalue weighted by molar-refractivity contribution is -0.139. The summed E-state index contributed by atoms with van der Waals surface area (Å²) in [5.74, 6) is -0.350. The number of benzene rings is 1. The summed E-state index contributed by atoms with van der Waals surface area (Å²) in [7, 11) is 0. The molecular formula is C16H15N3O3S. The average molecular weight is 329 g/mol. The number of nitriles is 1. The second-order valence-electron chi connectivity index (χ2n) is 4.67. The Kier molecular flexibility index (Phi) is 5.55. The largest absolute Gasteiger partial charge is 0.465 e. The molecule has 0 aliphatic rings. The molecule has 7 heteroatoms. The molecule has 0 bridgehead atoms. The quantitative estimate of drug-likeness (QED) is 0.513. The summed E-state index contributed by atoms with van der Waals surface area (Å²) in [6.45, 7) is 3.96. The molecule has 0 aliphatic heterocycles. The Bertz CT molecular complexity index is 807. The van der Waals surface area contributed by atoms with E-state index in [0.717, 1.165) is 17.3 Å². The third kappa shape index (κ3) is 4.20. The standard InChI is InChI=1S/C16H15N3O3S/c1-3-22-13(20)9-23-16-18-14(12(8-17)15(21)19-16)11-6-4-10(2)5-7-11/h4-7H,3,9H2,1-2H3,(H,18,19,21). The summed E-state index contributed by atoms with van der Waals surface area (Å²) in [4.78, 5) is 30.3. The molecule has 0 saturated carbocycles. The van der Waals surface area contributed by atoms with E-state index in [9.17, 15) is 14.9 Å². The van der Waals surface area contributed by atoms with Crippen LogP contribution < -0.4 is 5.56 Å². The van der Waals surface area contributed by atoms with Crippen LogP contribution in [0.15, 0.2) is 34.2 Å². The lowest BCUT2D eigenvalue weighted by Gasteiger charge is -2.07. The van der Waals surface area contributed by atoms with Crippen molar-refractivity contribution in [2.45, 2.75) is 19.0 Å². The minimum Gasteiger partial charge on any atom is -0.465 e. The van der Waals surface area contributed by atoms with Gasteiger partial charge in [0, 0.05) is 5.56 Å². The van der Waals surface area contributed by atoms with Gasteiger partial charge in [-0.1, -0.05) is 41.6 Å². The number of carbonyl (C=O) groups excluding carboxylic acids is 1. The van der Waals surface area contributed by atoms with Gasteiger partial charge in [0.25, 0.3) is 5.56 Å². The second kappa shape index (κ2) is 7.61. The van der Waals surface area contributed by atoms with E-state index >= 15 is 0 Å². The van der Waals surface area contributed by atoms with Crippen LogP contribution in [0.3, 0.4) is 0 Å². The van der Waals surface area contributed by atoms with Crippen LogP contribution in [-0.4, -0.2) is 28.3 Å². The van der Waals surface area contributed by atoms with Gasteiger partial charge in [-0.05, 0) is 13.8 Å². The molecular weight excluding hydrogens is 314 g/mol. The predicted octanol–water partition coefficient (Wildman–Crippen LogP) is 2.27. The van der Waals surface area contributed by atoms with Gasteiger partial charge in [-0.2, -0.15) is 5.26 Å². The molecule has 0 radical (unpaired) electrons. The van der Waals surface area contributed by atoms with E-state index in [4.69, 9.17) is 4.74 Å². The Labute approximate surface area is 137 Å². The number of aryl methyl sites for hydroxylation is 1. The minimum atomic E-state index is -0.524. The highest BCUT2D eigenvalue weighted by molar-refractivity contribution is 7.99. The first kappa shape index (κ1) is 16.8. The van der Waals surface area contributed by atoms with E-state index in [2.05, 4.69) is 9.97 Å². The zero-order valence-corrected chi connectivity index (χ0v) is 13.6. The molecule has 2 aromatic rings. The number of rotatable bonds is 5. The molecule has 0 saturated heterocycles. The van der Waals surface area contributed by atoms with Gasteiger partial charge in [0.05, 0.1) is 18.1 Å². The van der Waals surface area contributed by atoms with Crippen molar-refractivity contribution in [1.29, 1.82) is 5.26 Å². The Morgan fingerprint density at radius 1 is 1.39 bits per heavy atom. The maximum absolute atomic E-state index is 12.1. The van der Waals surface area contributed by atoms with Gasteiger partial charge in [-0.15, -0.1) is 0 Å². The second-order valence-corrected chi connectivity index (χ2v) is 5.63. The summed E-state index contributed by atoms with van der Waals surface area (Å²) >= 11 is 1.06. The monoisotopic (exact) mass is 329 g/mol. The number of hydrogen-bond donors (Lipinski definition) is 1. The first-order chi connectivity index (χ1) is 11.0. The fourth-order valence-electron chi connectivity index (χ4n) is 1.87. The van der Waals surface area contributed by atoms with Crippen molar-refractivity contribution < 1.29 is 9.53 Å². The first-order valence-electron chi connectivity index (χ1n) is 6.95. The zero-order valence-electron chi connectivity index (χ0n) is 12.8. The summed E-state index contributed by atoms with van der Waals surface area (Å²) in [6.07, 6.45) is 0. The van der Waals surface area contributed by atoms with Gasteiger partial charge in [0.1, 0.15) is 11.6 Å². The molecule has 0 aliphatic carbocycles. The highest BCUT2D eigenvalue weighted by Gasteiger charge is 2.14. The molecule has 2 rings (SSSR count). The van der Waals surface area contributed by atoms with Crippen LogP contribution in [-0.2, 0) is 9.53 Å². The van der Waals surface area contributed by atoms with Crippen LogP contribution >= 0.6 is 11.8 Å². The molecule has 1 heterocycles. The third-order valence-corrected chi connectivity index (χ3v) is 3.81. The average Bonchev–Trinajstić information content (AvgIpc) is 2.53.